The Bertz CT molecular complexity index is 645. The quantitative estimate of drug-likeness (QED) is 0.861. The lowest BCUT2D eigenvalue weighted by Gasteiger charge is -2.32. The van der Waals surface area contributed by atoms with Gasteiger partial charge in [0.1, 0.15) is 11.4 Å². The van der Waals surface area contributed by atoms with Gasteiger partial charge < -0.3 is 11.1 Å². The molecule has 0 bridgehead atoms. The molecule has 21 heavy (non-hydrogen) atoms. The van der Waals surface area contributed by atoms with Crippen molar-refractivity contribution in [2.45, 2.75) is 18.9 Å². The van der Waals surface area contributed by atoms with E-state index in [1.54, 1.807) is 12.1 Å². The number of carbonyl (C=O) groups is 1. The number of amides is 1. The Labute approximate surface area is 131 Å². The van der Waals surface area contributed by atoms with E-state index in [9.17, 15) is 9.18 Å². The molecule has 0 radical (unpaired) electrons. The van der Waals surface area contributed by atoms with Crippen LogP contribution in [0.5, 0.6) is 0 Å². The molecule has 3 N–H and O–H groups in total. The predicted octanol–water partition coefficient (Wildman–Crippen LogP) is 3.79. The van der Waals surface area contributed by atoms with E-state index in [2.05, 4.69) is 21.2 Å². The van der Waals surface area contributed by atoms with Crippen LogP contribution in [0.3, 0.4) is 0 Å². The number of hydrogen-bond donors (Lipinski definition) is 2. The van der Waals surface area contributed by atoms with Crippen molar-refractivity contribution in [2.24, 2.45) is 5.73 Å². The Morgan fingerprint density at radius 2 is 1.86 bits per heavy atom. The molecule has 1 amide bonds. The maximum Gasteiger partial charge on any atom is 0.247 e. The van der Waals surface area contributed by atoms with E-state index in [1.807, 2.05) is 31.2 Å². The largest absolute Gasteiger partial charge is 0.367 e. The van der Waals surface area contributed by atoms with Gasteiger partial charge in [-0.3, -0.25) is 4.79 Å². The molecule has 2 aromatic carbocycles. The normalized spacial score (nSPS) is 13.5. The molecule has 0 aliphatic heterocycles. The lowest BCUT2D eigenvalue weighted by atomic mass is 9.86. The zero-order valence-corrected chi connectivity index (χ0v) is 13.2. The summed E-state index contributed by atoms with van der Waals surface area (Å²) in [7, 11) is 0. The van der Waals surface area contributed by atoms with Gasteiger partial charge in [-0.25, -0.2) is 4.39 Å². The lowest BCUT2D eigenvalue weighted by Crippen LogP contribution is -2.47. The molecule has 0 fully saturated rings. The lowest BCUT2D eigenvalue weighted by molar-refractivity contribution is -0.122. The number of hydrogen-bond acceptors (Lipinski definition) is 2. The minimum Gasteiger partial charge on any atom is -0.367 e. The maximum atomic E-state index is 13.1. The molecule has 0 saturated heterocycles. The molecule has 5 heteroatoms. The minimum absolute atomic E-state index is 0.353. The SMILES string of the molecule is CCC(Nc1ccccc1Br)(C(N)=O)c1ccc(F)cc1. The van der Waals surface area contributed by atoms with Crippen molar-refractivity contribution < 1.29 is 9.18 Å². The number of rotatable bonds is 5. The molecule has 0 heterocycles. The molecule has 2 aromatic rings. The summed E-state index contributed by atoms with van der Waals surface area (Å²) in [4.78, 5) is 12.1. The summed E-state index contributed by atoms with van der Waals surface area (Å²) in [5, 5.41) is 3.20. The summed E-state index contributed by atoms with van der Waals surface area (Å²) < 4.78 is 14.0. The molecular formula is C16H16BrFN2O. The van der Waals surface area contributed by atoms with E-state index >= 15 is 0 Å². The molecule has 0 aliphatic carbocycles. The number of nitrogens with two attached hydrogens (primary N) is 1. The summed E-state index contributed by atoms with van der Waals surface area (Å²) in [6.07, 6.45) is 0.440. The summed E-state index contributed by atoms with van der Waals surface area (Å²) in [6, 6.07) is 13.3. The molecule has 0 spiro atoms. The van der Waals surface area contributed by atoms with Crippen LogP contribution in [0, 0.1) is 5.82 Å². The smallest absolute Gasteiger partial charge is 0.247 e. The van der Waals surface area contributed by atoms with Crippen LogP contribution in [-0.4, -0.2) is 5.91 Å². The van der Waals surface area contributed by atoms with Crippen molar-refractivity contribution in [3.63, 3.8) is 0 Å². The number of halogens is 2. The summed E-state index contributed by atoms with van der Waals surface area (Å²) in [5.74, 6) is -0.860. The van der Waals surface area contributed by atoms with Crippen molar-refractivity contribution in [1.82, 2.24) is 0 Å². The van der Waals surface area contributed by atoms with Crippen molar-refractivity contribution >= 4 is 27.5 Å². The van der Waals surface area contributed by atoms with Gasteiger partial charge in [-0.05, 0) is 52.2 Å². The van der Waals surface area contributed by atoms with Gasteiger partial charge in [0.05, 0.1) is 0 Å². The van der Waals surface area contributed by atoms with E-state index in [0.717, 1.165) is 10.2 Å². The Hall–Kier alpha value is -1.88. The Balaban J connectivity index is 2.50. The highest BCUT2D eigenvalue weighted by Crippen LogP contribution is 2.33. The van der Waals surface area contributed by atoms with Crippen LogP contribution in [0.4, 0.5) is 10.1 Å². The maximum absolute atomic E-state index is 13.1. The molecule has 0 aliphatic rings. The van der Waals surface area contributed by atoms with Gasteiger partial charge in [-0.1, -0.05) is 31.2 Å². The second-order valence-corrected chi connectivity index (χ2v) is 5.59. The Morgan fingerprint density at radius 1 is 1.24 bits per heavy atom. The predicted molar refractivity (Wildman–Crippen MR) is 85.3 cm³/mol. The number of nitrogens with one attached hydrogen (secondary N) is 1. The van der Waals surface area contributed by atoms with Crippen molar-refractivity contribution in [2.75, 3.05) is 5.32 Å². The number of benzene rings is 2. The van der Waals surface area contributed by atoms with Crippen LogP contribution in [0.2, 0.25) is 0 Å². The van der Waals surface area contributed by atoms with Crippen LogP contribution in [0.1, 0.15) is 18.9 Å². The average molecular weight is 351 g/mol. The van der Waals surface area contributed by atoms with Gasteiger partial charge >= 0.3 is 0 Å². The first-order valence-corrected chi connectivity index (χ1v) is 7.37. The minimum atomic E-state index is -1.09. The van der Waals surface area contributed by atoms with Crippen molar-refractivity contribution in [3.05, 3.63) is 64.4 Å². The van der Waals surface area contributed by atoms with E-state index in [0.29, 0.717) is 12.0 Å². The van der Waals surface area contributed by atoms with Crippen molar-refractivity contribution in [1.29, 1.82) is 0 Å². The number of para-hydroxylation sites is 1. The highest BCUT2D eigenvalue weighted by Gasteiger charge is 2.37. The fourth-order valence-corrected chi connectivity index (χ4v) is 2.65. The number of anilines is 1. The summed E-state index contributed by atoms with van der Waals surface area (Å²) in [6.45, 7) is 1.86. The van der Waals surface area contributed by atoms with E-state index in [4.69, 9.17) is 5.73 Å². The summed E-state index contributed by atoms with van der Waals surface area (Å²) >= 11 is 3.44. The molecule has 110 valence electrons. The molecule has 2 rings (SSSR count). The fourth-order valence-electron chi connectivity index (χ4n) is 2.27. The Morgan fingerprint density at radius 3 is 2.38 bits per heavy atom. The van der Waals surface area contributed by atoms with Gasteiger partial charge in [0.15, 0.2) is 0 Å². The topological polar surface area (TPSA) is 55.1 Å². The highest BCUT2D eigenvalue weighted by molar-refractivity contribution is 9.10. The zero-order chi connectivity index (χ0) is 15.5. The highest BCUT2D eigenvalue weighted by atomic mass is 79.9. The molecular weight excluding hydrogens is 335 g/mol. The van der Waals surface area contributed by atoms with Gasteiger partial charge in [-0.2, -0.15) is 0 Å². The van der Waals surface area contributed by atoms with Gasteiger partial charge in [-0.15, -0.1) is 0 Å². The van der Waals surface area contributed by atoms with Crippen LogP contribution >= 0.6 is 15.9 Å². The van der Waals surface area contributed by atoms with E-state index < -0.39 is 11.4 Å². The average Bonchev–Trinajstić information content (AvgIpc) is 2.47. The third kappa shape index (κ3) is 3.08. The first-order chi connectivity index (χ1) is 9.99. The molecule has 0 saturated carbocycles. The van der Waals surface area contributed by atoms with Crippen LogP contribution in [0.15, 0.2) is 53.0 Å². The third-order valence-corrected chi connectivity index (χ3v) is 4.20. The third-order valence-electron chi connectivity index (χ3n) is 3.51. The standard InChI is InChI=1S/C16H16BrFN2O/c1-2-16(15(19)21,11-7-9-12(18)10-8-11)20-14-6-4-3-5-13(14)17/h3-10,20H,2H2,1H3,(H2,19,21). The monoisotopic (exact) mass is 350 g/mol. The van der Waals surface area contributed by atoms with Crippen LogP contribution < -0.4 is 11.1 Å². The number of carbonyl (C=O) groups excluding carboxylic acids is 1. The molecule has 3 nitrogen and oxygen atoms in total. The van der Waals surface area contributed by atoms with Crippen molar-refractivity contribution in [3.8, 4) is 0 Å². The fraction of sp³-hybridized carbons (Fsp3) is 0.188. The first kappa shape index (κ1) is 15.5. The van der Waals surface area contributed by atoms with Crippen LogP contribution in [-0.2, 0) is 10.3 Å². The number of primary amides is 1. The van der Waals surface area contributed by atoms with Gasteiger partial charge in [0.25, 0.3) is 0 Å². The zero-order valence-electron chi connectivity index (χ0n) is 11.6. The second-order valence-electron chi connectivity index (χ2n) is 4.73. The van der Waals surface area contributed by atoms with Gasteiger partial charge in [0.2, 0.25) is 5.91 Å². The molecule has 0 aromatic heterocycles. The molecule has 1 atom stereocenters. The first-order valence-electron chi connectivity index (χ1n) is 6.58. The van der Waals surface area contributed by atoms with Crippen LogP contribution in [0.25, 0.3) is 0 Å². The summed E-state index contributed by atoms with van der Waals surface area (Å²) in [5.41, 5.74) is 5.94. The molecule has 1 unspecified atom stereocenters. The van der Waals surface area contributed by atoms with Gasteiger partial charge in [0, 0.05) is 10.2 Å². The van der Waals surface area contributed by atoms with E-state index in [1.165, 1.54) is 12.1 Å². The van der Waals surface area contributed by atoms with E-state index in [-0.39, 0.29) is 5.82 Å². The Kier molecular flexibility index (Phi) is 4.63. The second kappa shape index (κ2) is 6.26.